The molecule has 1 rings (SSSR count). The molecule has 0 aliphatic rings. The summed E-state index contributed by atoms with van der Waals surface area (Å²) in [6, 6.07) is 2.31. The molecule has 96 valence electrons. The van der Waals surface area contributed by atoms with Crippen LogP contribution in [0.5, 0.6) is 11.9 Å². The molecule has 4 nitrogen and oxygen atoms in total. The van der Waals surface area contributed by atoms with E-state index < -0.39 is 0 Å². The quantitative estimate of drug-likeness (QED) is 0.731. The van der Waals surface area contributed by atoms with Gasteiger partial charge < -0.3 is 9.47 Å². The van der Waals surface area contributed by atoms with E-state index in [1.165, 1.54) is 0 Å². The minimum Gasteiger partial charge on any atom is -0.478 e. The number of hydrogen-bond acceptors (Lipinski definition) is 4. The smallest absolute Gasteiger partial charge is 0.319 e. The largest absolute Gasteiger partial charge is 0.478 e. The standard InChI is InChI=1S/C13H22N2O2/c1-5-7-16-12-9-11(10(3)4)14-13(15-12)17-8-6-2/h9-10H,5-8H2,1-4H3. The maximum absolute atomic E-state index is 5.54. The third-order valence-corrected chi connectivity index (χ3v) is 2.18. The van der Waals surface area contributed by atoms with Crippen molar-refractivity contribution in [2.75, 3.05) is 13.2 Å². The molecule has 0 saturated carbocycles. The van der Waals surface area contributed by atoms with Gasteiger partial charge in [0.25, 0.3) is 0 Å². The third kappa shape index (κ3) is 4.59. The molecule has 0 aliphatic heterocycles. The summed E-state index contributed by atoms with van der Waals surface area (Å²) in [6.45, 7) is 9.61. The second kappa shape index (κ2) is 7.09. The first-order chi connectivity index (χ1) is 8.17. The number of ether oxygens (including phenoxy) is 2. The normalized spacial score (nSPS) is 10.6. The van der Waals surface area contributed by atoms with Crippen LogP contribution >= 0.6 is 0 Å². The summed E-state index contributed by atoms with van der Waals surface area (Å²) >= 11 is 0. The average molecular weight is 238 g/mol. The summed E-state index contributed by atoms with van der Waals surface area (Å²) in [5.74, 6) is 0.947. The van der Waals surface area contributed by atoms with Crippen LogP contribution in [0.3, 0.4) is 0 Å². The SMILES string of the molecule is CCCOc1cc(C(C)C)nc(OCCC)n1. The Hall–Kier alpha value is -1.32. The maximum Gasteiger partial charge on any atom is 0.319 e. The predicted molar refractivity (Wildman–Crippen MR) is 67.7 cm³/mol. The Morgan fingerprint density at radius 1 is 1.06 bits per heavy atom. The summed E-state index contributed by atoms with van der Waals surface area (Å²) in [4.78, 5) is 8.60. The summed E-state index contributed by atoms with van der Waals surface area (Å²) in [7, 11) is 0. The van der Waals surface area contributed by atoms with Crippen molar-refractivity contribution in [2.24, 2.45) is 0 Å². The van der Waals surface area contributed by atoms with Crippen LogP contribution < -0.4 is 9.47 Å². The molecule has 0 aliphatic carbocycles. The van der Waals surface area contributed by atoms with Crippen LogP contribution in [0.15, 0.2) is 6.07 Å². The topological polar surface area (TPSA) is 44.2 Å². The van der Waals surface area contributed by atoms with E-state index in [1.54, 1.807) is 0 Å². The molecule has 4 heteroatoms. The lowest BCUT2D eigenvalue weighted by atomic mass is 10.1. The minimum atomic E-state index is 0.339. The van der Waals surface area contributed by atoms with E-state index in [2.05, 4.69) is 37.7 Å². The fraction of sp³-hybridized carbons (Fsp3) is 0.692. The summed E-state index contributed by atoms with van der Waals surface area (Å²) in [5, 5.41) is 0. The van der Waals surface area contributed by atoms with Crippen molar-refractivity contribution >= 4 is 0 Å². The molecule has 0 atom stereocenters. The van der Waals surface area contributed by atoms with Crippen molar-refractivity contribution in [1.29, 1.82) is 0 Å². The van der Waals surface area contributed by atoms with Crippen LogP contribution in [0.1, 0.15) is 52.1 Å². The number of hydrogen-bond donors (Lipinski definition) is 0. The molecule has 0 fully saturated rings. The highest BCUT2D eigenvalue weighted by Gasteiger charge is 2.09. The highest BCUT2D eigenvalue weighted by molar-refractivity contribution is 5.20. The zero-order valence-electron chi connectivity index (χ0n) is 11.2. The molecule has 0 N–H and O–H groups in total. The second-order valence-corrected chi connectivity index (χ2v) is 4.27. The molecule has 0 saturated heterocycles. The van der Waals surface area contributed by atoms with Crippen LogP contribution in [0.25, 0.3) is 0 Å². The van der Waals surface area contributed by atoms with E-state index in [4.69, 9.17) is 9.47 Å². The van der Waals surface area contributed by atoms with Crippen LogP contribution in [-0.2, 0) is 0 Å². The monoisotopic (exact) mass is 238 g/mol. The van der Waals surface area contributed by atoms with Crippen molar-refractivity contribution < 1.29 is 9.47 Å². The van der Waals surface area contributed by atoms with Crippen LogP contribution in [0, 0.1) is 0 Å². The third-order valence-electron chi connectivity index (χ3n) is 2.18. The number of aromatic nitrogens is 2. The molecule has 17 heavy (non-hydrogen) atoms. The Kier molecular flexibility index (Phi) is 5.73. The van der Waals surface area contributed by atoms with Crippen molar-refractivity contribution in [2.45, 2.75) is 46.5 Å². The highest BCUT2D eigenvalue weighted by atomic mass is 16.5. The van der Waals surface area contributed by atoms with Gasteiger partial charge in [-0.2, -0.15) is 9.97 Å². The molecule has 0 aromatic carbocycles. The van der Waals surface area contributed by atoms with Gasteiger partial charge in [0.15, 0.2) is 0 Å². The van der Waals surface area contributed by atoms with Crippen molar-refractivity contribution in [3.63, 3.8) is 0 Å². The van der Waals surface area contributed by atoms with E-state index in [9.17, 15) is 0 Å². The van der Waals surface area contributed by atoms with Crippen molar-refractivity contribution in [3.8, 4) is 11.9 Å². The first kappa shape index (κ1) is 13.7. The summed E-state index contributed by atoms with van der Waals surface area (Å²) < 4.78 is 11.0. The molecule has 1 aromatic heterocycles. The zero-order chi connectivity index (χ0) is 12.7. The molecule has 1 heterocycles. The van der Waals surface area contributed by atoms with Gasteiger partial charge in [-0.15, -0.1) is 0 Å². The summed E-state index contributed by atoms with van der Waals surface area (Å²) in [6.07, 6.45) is 1.91. The van der Waals surface area contributed by atoms with Gasteiger partial charge in [-0.1, -0.05) is 27.7 Å². The Bertz CT molecular complexity index is 314. The van der Waals surface area contributed by atoms with Crippen molar-refractivity contribution in [1.82, 2.24) is 9.97 Å². The average Bonchev–Trinajstić information content (AvgIpc) is 2.33. The van der Waals surface area contributed by atoms with Gasteiger partial charge in [0, 0.05) is 6.07 Å². The molecular formula is C13H22N2O2. The molecular weight excluding hydrogens is 216 g/mol. The molecule has 0 spiro atoms. The van der Waals surface area contributed by atoms with Gasteiger partial charge in [0.2, 0.25) is 5.88 Å². The molecule has 0 unspecified atom stereocenters. The Labute approximate surface area is 103 Å². The predicted octanol–water partition coefficient (Wildman–Crippen LogP) is 3.18. The Morgan fingerprint density at radius 2 is 1.71 bits per heavy atom. The van der Waals surface area contributed by atoms with Gasteiger partial charge >= 0.3 is 6.01 Å². The lowest BCUT2D eigenvalue weighted by molar-refractivity contribution is 0.268. The first-order valence-corrected chi connectivity index (χ1v) is 6.31. The molecule has 0 amide bonds. The van der Waals surface area contributed by atoms with Gasteiger partial charge in [-0.25, -0.2) is 0 Å². The molecule has 1 aromatic rings. The summed E-state index contributed by atoms with van der Waals surface area (Å²) in [5.41, 5.74) is 0.956. The fourth-order valence-electron chi connectivity index (χ4n) is 1.26. The van der Waals surface area contributed by atoms with E-state index in [0.717, 1.165) is 18.5 Å². The molecule has 0 bridgehead atoms. The van der Waals surface area contributed by atoms with Gasteiger partial charge in [0.1, 0.15) is 0 Å². The fourth-order valence-corrected chi connectivity index (χ4v) is 1.26. The molecule has 0 radical (unpaired) electrons. The first-order valence-electron chi connectivity index (χ1n) is 6.31. The van der Waals surface area contributed by atoms with E-state index in [1.807, 2.05) is 6.07 Å². The number of rotatable bonds is 7. The van der Waals surface area contributed by atoms with Crippen LogP contribution in [0.2, 0.25) is 0 Å². The Balaban J connectivity index is 2.84. The Morgan fingerprint density at radius 3 is 2.29 bits per heavy atom. The van der Waals surface area contributed by atoms with Gasteiger partial charge in [-0.05, 0) is 18.8 Å². The maximum atomic E-state index is 5.54. The van der Waals surface area contributed by atoms with E-state index in [-0.39, 0.29) is 0 Å². The van der Waals surface area contributed by atoms with Crippen LogP contribution in [0.4, 0.5) is 0 Å². The number of nitrogens with zero attached hydrogens (tertiary/aromatic N) is 2. The highest BCUT2D eigenvalue weighted by Crippen LogP contribution is 2.20. The van der Waals surface area contributed by atoms with Gasteiger partial charge in [0.05, 0.1) is 18.9 Å². The lowest BCUT2D eigenvalue weighted by Crippen LogP contribution is -2.06. The minimum absolute atomic E-state index is 0.339. The zero-order valence-corrected chi connectivity index (χ0v) is 11.2. The van der Waals surface area contributed by atoms with Gasteiger partial charge in [-0.3, -0.25) is 0 Å². The second-order valence-electron chi connectivity index (χ2n) is 4.27. The van der Waals surface area contributed by atoms with Crippen molar-refractivity contribution in [3.05, 3.63) is 11.8 Å². The van der Waals surface area contributed by atoms with E-state index >= 15 is 0 Å². The van der Waals surface area contributed by atoms with E-state index in [0.29, 0.717) is 31.0 Å². The lowest BCUT2D eigenvalue weighted by Gasteiger charge is -2.11. The van der Waals surface area contributed by atoms with Crippen LogP contribution in [-0.4, -0.2) is 23.2 Å².